The lowest BCUT2D eigenvalue weighted by atomic mass is 10.2. The maximum Gasteiger partial charge on any atom is 0.226 e. The zero-order chi connectivity index (χ0) is 13.9. The van der Waals surface area contributed by atoms with E-state index in [0.29, 0.717) is 18.4 Å². The molecule has 0 radical (unpaired) electrons. The lowest BCUT2D eigenvalue weighted by Gasteiger charge is -2.08. The molecule has 0 aliphatic heterocycles. The first kappa shape index (κ1) is 16.1. The van der Waals surface area contributed by atoms with Crippen molar-refractivity contribution in [2.75, 3.05) is 30.5 Å². The molecule has 1 N–H and O–H groups in total. The fourth-order valence-corrected chi connectivity index (χ4v) is 2.14. The second-order valence-corrected chi connectivity index (χ2v) is 5.49. The monoisotopic (exact) mass is 283 g/mol. The molecule has 0 spiro atoms. The van der Waals surface area contributed by atoms with Crippen molar-refractivity contribution in [1.29, 1.82) is 0 Å². The van der Waals surface area contributed by atoms with E-state index >= 15 is 0 Å². The summed E-state index contributed by atoms with van der Waals surface area (Å²) in [5.74, 6) is 2.59. The highest BCUT2D eigenvalue weighted by Gasteiger charge is 2.02. The Morgan fingerprint density at radius 2 is 2.11 bits per heavy atom. The zero-order valence-electron chi connectivity index (χ0n) is 12.2. The van der Waals surface area contributed by atoms with Crippen molar-refractivity contribution in [1.82, 2.24) is 9.97 Å². The molecule has 0 aliphatic carbocycles. The van der Waals surface area contributed by atoms with Crippen LogP contribution in [0.2, 0.25) is 0 Å². The molecule has 0 amide bonds. The summed E-state index contributed by atoms with van der Waals surface area (Å²) in [7, 11) is 0. The van der Waals surface area contributed by atoms with Gasteiger partial charge in [0.05, 0.1) is 6.61 Å². The van der Waals surface area contributed by atoms with Gasteiger partial charge in [0.15, 0.2) is 0 Å². The first-order valence-electron chi connectivity index (χ1n) is 6.97. The van der Waals surface area contributed by atoms with E-state index in [2.05, 4.69) is 28.5 Å². The third kappa shape index (κ3) is 7.25. The van der Waals surface area contributed by atoms with Crippen LogP contribution in [-0.4, -0.2) is 35.1 Å². The van der Waals surface area contributed by atoms with Gasteiger partial charge in [-0.05, 0) is 38.2 Å². The average Bonchev–Trinajstić information content (AvgIpc) is 2.40. The van der Waals surface area contributed by atoms with Crippen molar-refractivity contribution >= 4 is 17.7 Å². The maximum atomic E-state index is 5.54. The van der Waals surface area contributed by atoms with E-state index in [-0.39, 0.29) is 0 Å². The van der Waals surface area contributed by atoms with E-state index < -0.39 is 0 Å². The molecule has 4 nitrogen and oxygen atoms in total. The van der Waals surface area contributed by atoms with Crippen molar-refractivity contribution in [3.63, 3.8) is 0 Å². The Labute approximate surface area is 120 Å². The maximum absolute atomic E-state index is 5.54. The van der Waals surface area contributed by atoms with Gasteiger partial charge in [-0.15, -0.1) is 0 Å². The molecule has 0 atom stereocenters. The molecule has 0 aliphatic rings. The number of aromatic nitrogens is 2. The van der Waals surface area contributed by atoms with Crippen LogP contribution in [-0.2, 0) is 0 Å². The molecule has 1 rings (SSSR count). The average molecular weight is 283 g/mol. The second-order valence-electron chi connectivity index (χ2n) is 4.50. The van der Waals surface area contributed by atoms with E-state index in [1.807, 2.05) is 24.8 Å². The lowest BCUT2D eigenvalue weighted by Crippen LogP contribution is -2.08. The molecule has 0 aromatic carbocycles. The minimum Gasteiger partial charge on any atom is -0.478 e. The summed E-state index contributed by atoms with van der Waals surface area (Å²) in [6, 6.07) is 1.87. The Bertz CT molecular complexity index is 361. The molecule has 1 heterocycles. The topological polar surface area (TPSA) is 47.0 Å². The summed E-state index contributed by atoms with van der Waals surface area (Å²) in [6.45, 7) is 5.67. The van der Waals surface area contributed by atoms with Gasteiger partial charge in [0.2, 0.25) is 11.8 Å². The van der Waals surface area contributed by atoms with Crippen LogP contribution in [0.1, 0.15) is 38.3 Å². The number of nitrogens with zero attached hydrogens (tertiary/aromatic N) is 2. The molecule has 0 fully saturated rings. The molecule has 5 heteroatoms. The van der Waals surface area contributed by atoms with Gasteiger partial charge in [-0.3, -0.25) is 0 Å². The van der Waals surface area contributed by atoms with E-state index in [1.54, 1.807) is 0 Å². The fourth-order valence-electron chi connectivity index (χ4n) is 1.65. The van der Waals surface area contributed by atoms with E-state index in [1.165, 1.54) is 18.6 Å². The van der Waals surface area contributed by atoms with Gasteiger partial charge in [-0.1, -0.05) is 13.3 Å². The third-order valence-corrected chi connectivity index (χ3v) is 3.29. The van der Waals surface area contributed by atoms with Crippen LogP contribution in [0.3, 0.4) is 0 Å². The molecule has 0 saturated heterocycles. The van der Waals surface area contributed by atoms with Gasteiger partial charge in [0, 0.05) is 18.3 Å². The van der Waals surface area contributed by atoms with Crippen LogP contribution in [0, 0.1) is 6.92 Å². The summed E-state index contributed by atoms with van der Waals surface area (Å²) in [6.07, 6.45) is 6.82. The van der Waals surface area contributed by atoms with Crippen molar-refractivity contribution in [2.45, 2.75) is 39.5 Å². The van der Waals surface area contributed by atoms with Crippen LogP contribution >= 0.6 is 11.8 Å². The van der Waals surface area contributed by atoms with Crippen LogP contribution in [0.4, 0.5) is 5.95 Å². The summed E-state index contributed by atoms with van der Waals surface area (Å²) in [5, 5.41) is 3.27. The van der Waals surface area contributed by atoms with Gasteiger partial charge in [0.1, 0.15) is 0 Å². The standard InChI is InChI=1S/C14H25N3OS/c1-4-9-18-13-11-12(2)16-14(17-13)15-8-6-5-7-10-19-3/h11H,4-10H2,1-3H3,(H,15,16,17). The Morgan fingerprint density at radius 3 is 2.84 bits per heavy atom. The first-order chi connectivity index (χ1) is 9.26. The Balaban J connectivity index is 2.34. The normalized spacial score (nSPS) is 10.5. The summed E-state index contributed by atoms with van der Waals surface area (Å²) >= 11 is 1.91. The molecule has 0 unspecified atom stereocenters. The molecule has 19 heavy (non-hydrogen) atoms. The third-order valence-electron chi connectivity index (χ3n) is 2.59. The van der Waals surface area contributed by atoms with Gasteiger partial charge in [-0.2, -0.15) is 16.7 Å². The summed E-state index contributed by atoms with van der Waals surface area (Å²) in [4.78, 5) is 8.73. The van der Waals surface area contributed by atoms with Gasteiger partial charge in [0.25, 0.3) is 0 Å². The number of unbranched alkanes of at least 4 members (excludes halogenated alkanes) is 2. The van der Waals surface area contributed by atoms with Gasteiger partial charge >= 0.3 is 0 Å². The summed E-state index contributed by atoms with van der Waals surface area (Å²) in [5.41, 5.74) is 0.936. The minimum absolute atomic E-state index is 0.666. The van der Waals surface area contributed by atoms with E-state index in [4.69, 9.17) is 4.74 Å². The fraction of sp³-hybridized carbons (Fsp3) is 0.714. The predicted molar refractivity (Wildman–Crippen MR) is 83.3 cm³/mol. The predicted octanol–water partition coefficient (Wildman–Crippen LogP) is 3.52. The smallest absolute Gasteiger partial charge is 0.226 e. The van der Waals surface area contributed by atoms with E-state index in [0.717, 1.165) is 25.1 Å². The molecule has 108 valence electrons. The van der Waals surface area contributed by atoms with Crippen molar-refractivity contribution < 1.29 is 4.74 Å². The molecule has 1 aromatic heterocycles. The number of aryl methyl sites for hydroxylation is 1. The molecule has 0 bridgehead atoms. The highest BCUT2D eigenvalue weighted by molar-refractivity contribution is 7.98. The Hall–Kier alpha value is -0.970. The van der Waals surface area contributed by atoms with Crippen LogP contribution in [0.15, 0.2) is 6.07 Å². The Morgan fingerprint density at radius 1 is 1.26 bits per heavy atom. The van der Waals surface area contributed by atoms with Gasteiger partial charge < -0.3 is 10.1 Å². The lowest BCUT2D eigenvalue weighted by molar-refractivity contribution is 0.305. The molecule has 0 saturated carbocycles. The number of rotatable bonds is 10. The number of nitrogens with one attached hydrogen (secondary N) is 1. The number of anilines is 1. The van der Waals surface area contributed by atoms with Crippen molar-refractivity contribution in [2.24, 2.45) is 0 Å². The number of thioether (sulfide) groups is 1. The second kappa shape index (κ2) is 9.89. The Kier molecular flexibility index (Phi) is 8.38. The zero-order valence-corrected chi connectivity index (χ0v) is 13.1. The largest absolute Gasteiger partial charge is 0.478 e. The highest BCUT2D eigenvalue weighted by atomic mass is 32.2. The van der Waals surface area contributed by atoms with Crippen LogP contribution in [0.25, 0.3) is 0 Å². The van der Waals surface area contributed by atoms with Crippen molar-refractivity contribution in [3.05, 3.63) is 11.8 Å². The van der Waals surface area contributed by atoms with Gasteiger partial charge in [-0.25, -0.2) is 4.98 Å². The van der Waals surface area contributed by atoms with Crippen LogP contribution < -0.4 is 10.1 Å². The molecular weight excluding hydrogens is 258 g/mol. The highest BCUT2D eigenvalue weighted by Crippen LogP contribution is 2.12. The SMILES string of the molecule is CCCOc1cc(C)nc(NCCCCCSC)n1. The minimum atomic E-state index is 0.666. The number of hydrogen-bond acceptors (Lipinski definition) is 5. The first-order valence-corrected chi connectivity index (χ1v) is 8.37. The summed E-state index contributed by atoms with van der Waals surface area (Å²) < 4.78 is 5.54. The quantitative estimate of drug-likeness (QED) is 0.666. The number of hydrogen-bond donors (Lipinski definition) is 1. The van der Waals surface area contributed by atoms with E-state index in [9.17, 15) is 0 Å². The number of ether oxygens (including phenoxy) is 1. The van der Waals surface area contributed by atoms with Crippen molar-refractivity contribution in [3.8, 4) is 5.88 Å². The molecular formula is C14H25N3OS. The molecule has 1 aromatic rings. The van der Waals surface area contributed by atoms with Crippen LogP contribution in [0.5, 0.6) is 5.88 Å².